The number of rotatable bonds is 8. The molecule has 0 amide bonds. The van der Waals surface area contributed by atoms with Crippen LogP contribution < -0.4 is 10.2 Å². The fourth-order valence-electron chi connectivity index (χ4n) is 5.51. The maximum Gasteiger partial charge on any atom is 0.300 e. The summed E-state index contributed by atoms with van der Waals surface area (Å²) in [5, 5.41) is 3.59. The van der Waals surface area contributed by atoms with Crippen LogP contribution >= 0.6 is 0 Å². The van der Waals surface area contributed by atoms with Gasteiger partial charge in [0.25, 0.3) is 6.01 Å². The van der Waals surface area contributed by atoms with E-state index in [1.807, 2.05) is 24.3 Å². The van der Waals surface area contributed by atoms with E-state index >= 15 is 0 Å². The Kier molecular flexibility index (Phi) is 6.12. The predicted molar refractivity (Wildman–Crippen MR) is 134 cm³/mol. The van der Waals surface area contributed by atoms with E-state index < -0.39 is 0 Å². The van der Waals surface area contributed by atoms with E-state index in [9.17, 15) is 0 Å². The number of para-hydroxylation sites is 2. The maximum atomic E-state index is 6.05. The molecule has 32 heavy (non-hydrogen) atoms. The van der Waals surface area contributed by atoms with Crippen molar-refractivity contribution in [3.05, 3.63) is 48.0 Å². The van der Waals surface area contributed by atoms with Gasteiger partial charge < -0.3 is 14.6 Å². The molecule has 2 aliphatic rings. The van der Waals surface area contributed by atoms with Crippen LogP contribution in [0.4, 0.5) is 17.4 Å². The molecule has 2 aliphatic carbocycles. The topological polar surface area (TPSA) is 41.3 Å². The van der Waals surface area contributed by atoms with Crippen molar-refractivity contribution < 1.29 is 4.42 Å². The van der Waals surface area contributed by atoms with E-state index in [1.165, 1.54) is 56.2 Å². The van der Waals surface area contributed by atoms with Crippen molar-refractivity contribution in [2.24, 2.45) is 11.8 Å². The molecule has 5 rings (SSSR count). The van der Waals surface area contributed by atoms with Gasteiger partial charge in [-0.15, -0.1) is 0 Å². The summed E-state index contributed by atoms with van der Waals surface area (Å²) in [5.41, 5.74) is 5.61. The van der Waals surface area contributed by atoms with Gasteiger partial charge in [-0.2, -0.15) is 4.98 Å². The zero-order valence-electron chi connectivity index (χ0n) is 19.8. The molecule has 4 heteroatoms. The molecule has 3 aromatic rings. The van der Waals surface area contributed by atoms with Gasteiger partial charge in [0, 0.05) is 12.6 Å². The molecule has 2 aromatic carbocycles. The lowest BCUT2D eigenvalue weighted by Crippen LogP contribution is -2.39. The molecular weight excluding hydrogens is 394 g/mol. The van der Waals surface area contributed by atoms with E-state index in [0.29, 0.717) is 23.9 Å². The van der Waals surface area contributed by atoms with Crippen molar-refractivity contribution in [1.29, 1.82) is 0 Å². The number of aromatic nitrogens is 1. The smallest absolute Gasteiger partial charge is 0.300 e. The molecule has 1 N–H and O–H groups in total. The van der Waals surface area contributed by atoms with E-state index in [0.717, 1.165) is 29.2 Å². The summed E-state index contributed by atoms with van der Waals surface area (Å²) in [4.78, 5) is 7.38. The van der Waals surface area contributed by atoms with Gasteiger partial charge in [0.2, 0.25) is 0 Å². The molecule has 170 valence electrons. The van der Waals surface area contributed by atoms with Crippen LogP contribution in [0.25, 0.3) is 11.1 Å². The zero-order chi connectivity index (χ0) is 22.1. The summed E-state index contributed by atoms with van der Waals surface area (Å²) in [6.45, 7) is 8.04. The van der Waals surface area contributed by atoms with Crippen molar-refractivity contribution in [1.82, 2.24) is 4.98 Å². The largest absolute Gasteiger partial charge is 0.423 e. The average molecular weight is 432 g/mol. The van der Waals surface area contributed by atoms with Gasteiger partial charge in [0.05, 0.1) is 11.4 Å². The first-order valence-electron chi connectivity index (χ1n) is 12.7. The molecular formula is C28H37N3O. The highest BCUT2D eigenvalue weighted by Crippen LogP contribution is 2.51. The second-order valence-corrected chi connectivity index (χ2v) is 10.2. The fourth-order valence-corrected chi connectivity index (χ4v) is 5.51. The summed E-state index contributed by atoms with van der Waals surface area (Å²) >= 11 is 0. The van der Waals surface area contributed by atoms with Crippen molar-refractivity contribution in [3.63, 3.8) is 0 Å². The quantitative estimate of drug-likeness (QED) is 0.394. The standard InChI is InChI=1S/C28H37N3O/c1-4-20-16-23(20)21-14-15-26(31(18-19(2)3)22-10-6-5-7-11-22)25(17-21)30-28-29-24-12-8-9-13-27(24)32-28/h8-9,12-15,17,19-20,22-23H,4-7,10-11,16,18H2,1-3H3,(H,29,30). The lowest BCUT2D eigenvalue weighted by atomic mass is 9.92. The number of hydrogen-bond acceptors (Lipinski definition) is 4. The predicted octanol–water partition coefficient (Wildman–Crippen LogP) is 7.88. The summed E-state index contributed by atoms with van der Waals surface area (Å²) in [6, 6.07) is 16.3. The van der Waals surface area contributed by atoms with Crippen LogP contribution in [0.5, 0.6) is 0 Å². The molecule has 2 saturated carbocycles. The third kappa shape index (κ3) is 4.51. The third-order valence-corrected chi connectivity index (χ3v) is 7.32. The van der Waals surface area contributed by atoms with Gasteiger partial charge in [0.1, 0.15) is 5.52 Å². The molecule has 1 aromatic heterocycles. The van der Waals surface area contributed by atoms with E-state index in [1.54, 1.807) is 0 Å². The highest BCUT2D eigenvalue weighted by Gasteiger charge is 2.37. The van der Waals surface area contributed by atoms with Gasteiger partial charge in [-0.1, -0.05) is 64.7 Å². The van der Waals surface area contributed by atoms with Crippen LogP contribution in [0, 0.1) is 11.8 Å². The molecule has 2 unspecified atom stereocenters. The van der Waals surface area contributed by atoms with Gasteiger partial charge in [-0.3, -0.25) is 0 Å². The molecule has 2 fully saturated rings. The summed E-state index contributed by atoms with van der Waals surface area (Å²) < 4.78 is 6.05. The Balaban J connectivity index is 1.52. The first-order chi connectivity index (χ1) is 15.6. The molecule has 0 saturated heterocycles. The Hall–Kier alpha value is -2.49. The molecule has 4 nitrogen and oxygen atoms in total. The third-order valence-electron chi connectivity index (χ3n) is 7.32. The number of nitrogens with zero attached hydrogens (tertiary/aromatic N) is 2. The molecule has 0 aliphatic heterocycles. The minimum atomic E-state index is 0.584. The average Bonchev–Trinajstić information content (AvgIpc) is 3.49. The normalized spacial score (nSPS) is 21.2. The highest BCUT2D eigenvalue weighted by atomic mass is 16.4. The Morgan fingerprint density at radius 3 is 2.62 bits per heavy atom. The first-order valence-corrected chi connectivity index (χ1v) is 12.7. The van der Waals surface area contributed by atoms with Crippen LogP contribution in [0.15, 0.2) is 46.9 Å². The summed E-state index contributed by atoms with van der Waals surface area (Å²) in [5.74, 6) is 2.15. The minimum absolute atomic E-state index is 0.584. The molecule has 1 heterocycles. The van der Waals surface area contributed by atoms with E-state index in [2.05, 4.69) is 49.2 Å². The van der Waals surface area contributed by atoms with Crippen LogP contribution in [-0.4, -0.2) is 17.6 Å². The van der Waals surface area contributed by atoms with Gasteiger partial charge in [0.15, 0.2) is 5.58 Å². The number of fused-ring (bicyclic) bond motifs is 1. The van der Waals surface area contributed by atoms with E-state index in [4.69, 9.17) is 9.40 Å². The minimum Gasteiger partial charge on any atom is -0.423 e. The second-order valence-electron chi connectivity index (χ2n) is 10.2. The summed E-state index contributed by atoms with van der Waals surface area (Å²) in [6.07, 6.45) is 9.21. The van der Waals surface area contributed by atoms with Crippen LogP contribution in [0.1, 0.15) is 77.2 Å². The SMILES string of the molecule is CCC1CC1c1ccc(N(CC(C)C)C2CCCCC2)c(Nc2nc3ccccc3o2)c1. The fraction of sp³-hybridized carbons (Fsp3) is 0.536. The molecule has 0 bridgehead atoms. The Morgan fingerprint density at radius 1 is 1.09 bits per heavy atom. The van der Waals surface area contributed by atoms with Crippen molar-refractivity contribution in [3.8, 4) is 0 Å². The first kappa shape index (κ1) is 21.4. The van der Waals surface area contributed by atoms with Crippen molar-refractivity contribution in [2.75, 3.05) is 16.8 Å². The monoisotopic (exact) mass is 431 g/mol. The van der Waals surface area contributed by atoms with Crippen LogP contribution in [0.3, 0.4) is 0 Å². The van der Waals surface area contributed by atoms with Crippen LogP contribution in [0.2, 0.25) is 0 Å². The van der Waals surface area contributed by atoms with Gasteiger partial charge in [-0.05, 0) is 66.8 Å². The molecule has 2 atom stereocenters. The van der Waals surface area contributed by atoms with Gasteiger partial charge in [-0.25, -0.2) is 0 Å². The lowest BCUT2D eigenvalue weighted by molar-refractivity contribution is 0.401. The molecule has 0 radical (unpaired) electrons. The lowest BCUT2D eigenvalue weighted by Gasteiger charge is -2.38. The maximum absolute atomic E-state index is 6.05. The Labute approximate surface area is 192 Å². The zero-order valence-corrected chi connectivity index (χ0v) is 19.8. The highest BCUT2D eigenvalue weighted by molar-refractivity contribution is 5.79. The Bertz CT molecular complexity index is 1020. The second kappa shape index (κ2) is 9.17. The number of hydrogen-bond donors (Lipinski definition) is 1. The van der Waals surface area contributed by atoms with Crippen molar-refractivity contribution in [2.45, 2.75) is 77.7 Å². The van der Waals surface area contributed by atoms with Gasteiger partial charge >= 0.3 is 0 Å². The van der Waals surface area contributed by atoms with E-state index in [-0.39, 0.29) is 0 Å². The van der Waals surface area contributed by atoms with Crippen LogP contribution in [-0.2, 0) is 0 Å². The number of nitrogens with one attached hydrogen (secondary N) is 1. The van der Waals surface area contributed by atoms with Crippen molar-refractivity contribution >= 4 is 28.5 Å². The number of oxazole rings is 1. The number of anilines is 3. The Morgan fingerprint density at radius 2 is 1.91 bits per heavy atom. The summed E-state index contributed by atoms with van der Waals surface area (Å²) in [7, 11) is 0. The number of benzene rings is 2. The molecule has 0 spiro atoms.